The number of aromatic amines is 1. The third-order valence-corrected chi connectivity index (χ3v) is 5.71. The van der Waals surface area contributed by atoms with Crippen molar-refractivity contribution in [1.82, 2.24) is 29.9 Å². The highest BCUT2D eigenvalue weighted by atomic mass is 19.1. The average molecular weight is 471 g/mol. The molecule has 0 bridgehead atoms. The Labute approximate surface area is 195 Å². The van der Waals surface area contributed by atoms with Gasteiger partial charge in [0, 0.05) is 42.7 Å². The molecule has 1 saturated carbocycles. The number of carbonyl (C=O) groups excluding carboxylic acids is 1. The van der Waals surface area contributed by atoms with E-state index in [1.807, 2.05) is 0 Å². The van der Waals surface area contributed by atoms with Crippen molar-refractivity contribution in [1.29, 1.82) is 5.26 Å². The first-order chi connectivity index (χ1) is 16.4. The molecule has 3 atom stereocenters. The van der Waals surface area contributed by atoms with Gasteiger partial charge in [-0.15, -0.1) is 0 Å². The van der Waals surface area contributed by atoms with Crippen LogP contribution in [0.15, 0.2) is 18.5 Å². The Bertz CT molecular complexity index is 1200. The van der Waals surface area contributed by atoms with E-state index in [1.165, 1.54) is 0 Å². The second-order valence-electron chi connectivity index (χ2n) is 8.52. The van der Waals surface area contributed by atoms with Gasteiger partial charge in [-0.1, -0.05) is 0 Å². The molecular weight excluding hydrogens is 443 g/mol. The van der Waals surface area contributed by atoms with E-state index in [0.717, 1.165) is 0 Å². The quantitative estimate of drug-likeness (QED) is 0.392. The van der Waals surface area contributed by atoms with Gasteiger partial charge >= 0.3 is 6.09 Å². The van der Waals surface area contributed by atoms with E-state index in [2.05, 4.69) is 36.9 Å². The van der Waals surface area contributed by atoms with Crippen molar-refractivity contribution in [3.05, 3.63) is 35.4 Å². The summed E-state index contributed by atoms with van der Waals surface area (Å²) in [5, 5.41) is 31.6. The van der Waals surface area contributed by atoms with Gasteiger partial charge in [0.1, 0.15) is 23.9 Å². The van der Waals surface area contributed by atoms with E-state index in [4.69, 9.17) is 4.74 Å². The third-order valence-electron chi connectivity index (χ3n) is 5.71. The lowest BCUT2D eigenvalue weighted by Crippen LogP contribution is -2.36. The lowest BCUT2D eigenvalue weighted by molar-refractivity contribution is 0.0555. The summed E-state index contributed by atoms with van der Waals surface area (Å²) in [5.41, 5.74) is 1.91. The second-order valence-corrected chi connectivity index (χ2v) is 8.52. The molecule has 1 aliphatic carbocycles. The van der Waals surface area contributed by atoms with Gasteiger partial charge in [-0.05, 0) is 39.5 Å². The second kappa shape index (κ2) is 10.0. The van der Waals surface area contributed by atoms with Crippen LogP contribution < -0.4 is 10.6 Å². The van der Waals surface area contributed by atoms with Gasteiger partial charge in [-0.25, -0.2) is 19.2 Å². The number of aliphatic hydroxyl groups is 1. The number of amides is 1. The standard InChI is InChI=1S/C22H27FN8O3/c1-12(2)26-22(33)34-17-6-5-13(19(17)23)16-10-18(30-29-16)28-21-27-15(4-3-9-32)14(11-24)20-25-7-8-31(20)21/h7-8,10,12-13,17,19,32H,3-6,9H2,1-2H3,(H,26,33)(H2,27,28,29,30)/t13-,17-,19-/m1/s1. The molecule has 4 rings (SSSR count). The molecule has 0 saturated heterocycles. The zero-order valence-electron chi connectivity index (χ0n) is 19.0. The fourth-order valence-corrected chi connectivity index (χ4v) is 4.14. The van der Waals surface area contributed by atoms with Crippen LogP contribution in [0.1, 0.15) is 56.0 Å². The summed E-state index contributed by atoms with van der Waals surface area (Å²) in [6.45, 7) is 3.59. The van der Waals surface area contributed by atoms with Crippen LogP contribution in [0, 0.1) is 11.3 Å². The number of alkyl halides is 1. The zero-order valence-corrected chi connectivity index (χ0v) is 19.0. The maximum Gasteiger partial charge on any atom is 0.407 e. The number of nitrogens with one attached hydrogen (secondary N) is 3. The van der Waals surface area contributed by atoms with Crippen LogP contribution in [-0.2, 0) is 11.2 Å². The van der Waals surface area contributed by atoms with Gasteiger partial charge in [0.25, 0.3) is 0 Å². The van der Waals surface area contributed by atoms with Crippen LogP contribution in [0.4, 0.5) is 21.0 Å². The molecule has 4 N–H and O–H groups in total. The summed E-state index contributed by atoms with van der Waals surface area (Å²) in [4.78, 5) is 20.7. The monoisotopic (exact) mass is 470 g/mol. The number of rotatable bonds is 8. The van der Waals surface area contributed by atoms with Crippen LogP contribution in [0.3, 0.4) is 0 Å². The van der Waals surface area contributed by atoms with E-state index < -0.39 is 24.3 Å². The number of imidazole rings is 1. The van der Waals surface area contributed by atoms with Crippen molar-refractivity contribution in [2.24, 2.45) is 0 Å². The van der Waals surface area contributed by atoms with Crippen LogP contribution in [-0.4, -0.2) is 60.7 Å². The largest absolute Gasteiger partial charge is 0.443 e. The number of aliphatic hydroxyl groups excluding tert-OH is 1. The molecule has 12 heteroatoms. The Hall–Kier alpha value is -3.72. The smallest absolute Gasteiger partial charge is 0.407 e. The minimum absolute atomic E-state index is 0.0206. The lowest BCUT2D eigenvalue weighted by atomic mass is 10.0. The number of carbonyl (C=O) groups is 1. The fourth-order valence-electron chi connectivity index (χ4n) is 4.14. The molecule has 0 spiro atoms. The van der Waals surface area contributed by atoms with Crippen molar-refractivity contribution in [3.63, 3.8) is 0 Å². The highest BCUT2D eigenvalue weighted by molar-refractivity contribution is 5.67. The maximum absolute atomic E-state index is 15.0. The number of halogens is 1. The summed E-state index contributed by atoms with van der Waals surface area (Å²) in [5.74, 6) is 0.332. The predicted molar refractivity (Wildman–Crippen MR) is 120 cm³/mol. The van der Waals surface area contributed by atoms with Crippen molar-refractivity contribution < 1.29 is 19.0 Å². The number of hydrogen-bond acceptors (Lipinski definition) is 8. The van der Waals surface area contributed by atoms with E-state index in [1.54, 1.807) is 36.7 Å². The molecule has 3 heterocycles. The van der Waals surface area contributed by atoms with Gasteiger partial charge in [0.05, 0.1) is 5.69 Å². The molecule has 34 heavy (non-hydrogen) atoms. The molecule has 0 radical (unpaired) electrons. The number of fused-ring (bicyclic) bond motifs is 1. The number of ether oxygens (including phenoxy) is 1. The highest BCUT2D eigenvalue weighted by Gasteiger charge is 2.41. The Morgan fingerprint density at radius 3 is 3.03 bits per heavy atom. The van der Waals surface area contributed by atoms with Gasteiger partial charge in [0.15, 0.2) is 11.5 Å². The normalized spacial score (nSPS) is 19.9. The minimum Gasteiger partial charge on any atom is -0.443 e. The summed E-state index contributed by atoms with van der Waals surface area (Å²) in [6, 6.07) is 3.75. The van der Waals surface area contributed by atoms with Gasteiger partial charge in [-0.2, -0.15) is 10.4 Å². The summed E-state index contributed by atoms with van der Waals surface area (Å²) in [7, 11) is 0. The van der Waals surface area contributed by atoms with Crippen LogP contribution in [0.5, 0.6) is 0 Å². The molecule has 180 valence electrons. The number of anilines is 2. The molecule has 0 aromatic carbocycles. The number of hydrogen-bond donors (Lipinski definition) is 4. The minimum atomic E-state index is -1.36. The lowest BCUT2D eigenvalue weighted by Gasteiger charge is -2.18. The van der Waals surface area contributed by atoms with E-state index >= 15 is 4.39 Å². The topological polar surface area (TPSA) is 153 Å². The van der Waals surface area contributed by atoms with Gasteiger partial charge in [0.2, 0.25) is 5.95 Å². The number of aryl methyl sites for hydroxylation is 1. The Morgan fingerprint density at radius 2 is 2.29 bits per heavy atom. The predicted octanol–water partition coefficient (Wildman–Crippen LogP) is 2.71. The Morgan fingerprint density at radius 1 is 1.47 bits per heavy atom. The summed E-state index contributed by atoms with van der Waals surface area (Å²) in [6.07, 6.45) is 2.25. The number of aromatic nitrogens is 5. The summed E-state index contributed by atoms with van der Waals surface area (Å²) >= 11 is 0. The third kappa shape index (κ3) is 4.79. The number of H-pyrrole nitrogens is 1. The van der Waals surface area contributed by atoms with Crippen molar-refractivity contribution in [2.75, 3.05) is 11.9 Å². The van der Waals surface area contributed by atoms with Crippen LogP contribution in [0.2, 0.25) is 0 Å². The average Bonchev–Trinajstić information content (AvgIpc) is 3.53. The van der Waals surface area contributed by atoms with E-state index in [0.29, 0.717) is 60.0 Å². The Balaban J connectivity index is 1.51. The number of nitriles is 1. The van der Waals surface area contributed by atoms with E-state index in [9.17, 15) is 15.2 Å². The van der Waals surface area contributed by atoms with Crippen molar-refractivity contribution in [2.45, 2.75) is 63.8 Å². The van der Waals surface area contributed by atoms with Crippen molar-refractivity contribution in [3.8, 4) is 6.07 Å². The van der Waals surface area contributed by atoms with Gasteiger partial charge in [-0.3, -0.25) is 9.50 Å². The molecular formula is C22H27FN8O3. The zero-order chi connectivity index (χ0) is 24.2. The van der Waals surface area contributed by atoms with Gasteiger partial charge < -0.3 is 20.5 Å². The molecule has 1 fully saturated rings. The Kier molecular flexibility index (Phi) is 6.93. The molecule has 1 aliphatic rings. The SMILES string of the molecule is CC(C)NC(=O)O[C@@H]1CC[C@H](c2cc(Nc3nc(CCCO)c(C#N)c4nccn34)n[nH]2)[C@H]1F. The first kappa shape index (κ1) is 23.4. The fraction of sp³-hybridized carbons (Fsp3) is 0.500. The number of nitrogens with zero attached hydrogens (tertiary/aromatic N) is 5. The highest BCUT2D eigenvalue weighted by Crippen LogP contribution is 2.38. The molecule has 3 aromatic rings. The van der Waals surface area contributed by atoms with Crippen molar-refractivity contribution >= 4 is 23.5 Å². The molecule has 1 amide bonds. The molecule has 0 aliphatic heterocycles. The number of alkyl carbamates (subject to hydrolysis) is 1. The van der Waals surface area contributed by atoms with Crippen LogP contribution >= 0.6 is 0 Å². The van der Waals surface area contributed by atoms with E-state index in [-0.39, 0.29) is 12.6 Å². The maximum atomic E-state index is 15.0. The molecule has 0 unspecified atom stereocenters. The first-order valence-corrected chi connectivity index (χ1v) is 11.2. The van der Waals surface area contributed by atoms with Crippen LogP contribution in [0.25, 0.3) is 5.65 Å². The first-order valence-electron chi connectivity index (χ1n) is 11.2. The molecule has 3 aromatic heterocycles. The molecule has 11 nitrogen and oxygen atoms in total. The summed E-state index contributed by atoms with van der Waals surface area (Å²) < 4.78 is 21.9.